The third kappa shape index (κ3) is 1.95. The largest absolute Gasteiger partial charge is 0.324 e. The summed E-state index contributed by atoms with van der Waals surface area (Å²) in [5.74, 6) is 1.03. The molecule has 0 amide bonds. The number of hydrogen-bond donors (Lipinski definition) is 0. The zero-order chi connectivity index (χ0) is 13.2. The number of para-hydroxylation sites is 2. The summed E-state index contributed by atoms with van der Waals surface area (Å²) in [6.07, 6.45) is 1.85. The van der Waals surface area contributed by atoms with Gasteiger partial charge < -0.3 is 4.57 Å². The van der Waals surface area contributed by atoms with E-state index in [0.717, 1.165) is 29.0 Å². The third-order valence-electron chi connectivity index (χ3n) is 3.38. The number of imidazole rings is 1. The van der Waals surface area contributed by atoms with Crippen molar-refractivity contribution < 1.29 is 0 Å². The molecule has 0 unspecified atom stereocenters. The van der Waals surface area contributed by atoms with E-state index in [2.05, 4.69) is 60.5 Å². The average Bonchev–Trinajstić information content (AvgIpc) is 2.85. The van der Waals surface area contributed by atoms with Crippen molar-refractivity contribution in [3.05, 3.63) is 60.7 Å². The summed E-state index contributed by atoms with van der Waals surface area (Å²) in [5, 5.41) is 0. The smallest absolute Gasteiger partial charge is 0.141 e. The Kier molecular flexibility index (Phi) is 2.92. The van der Waals surface area contributed by atoms with Crippen LogP contribution >= 0.6 is 0 Å². The van der Waals surface area contributed by atoms with Crippen molar-refractivity contribution in [1.29, 1.82) is 0 Å². The van der Waals surface area contributed by atoms with E-state index in [-0.39, 0.29) is 0 Å². The SMILES string of the molecule is C=Cc1ccc(-c2nc3ccccc3n2CC)cc1. The molecule has 0 aliphatic heterocycles. The minimum absolute atomic E-state index is 0.916. The van der Waals surface area contributed by atoms with E-state index in [1.807, 2.05) is 12.1 Å². The van der Waals surface area contributed by atoms with Crippen LogP contribution in [-0.2, 0) is 6.54 Å². The molecule has 0 atom stereocenters. The van der Waals surface area contributed by atoms with E-state index in [9.17, 15) is 0 Å². The molecular weight excluding hydrogens is 232 g/mol. The van der Waals surface area contributed by atoms with Crippen molar-refractivity contribution in [2.24, 2.45) is 0 Å². The van der Waals surface area contributed by atoms with Gasteiger partial charge in [-0.15, -0.1) is 0 Å². The van der Waals surface area contributed by atoms with Gasteiger partial charge >= 0.3 is 0 Å². The summed E-state index contributed by atoms with van der Waals surface area (Å²) >= 11 is 0. The monoisotopic (exact) mass is 248 g/mol. The number of hydrogen-bond acceptors (Lipinski definition) is 1. The molecule has 0 bridgehead atoms. The second-order valence-corrected chi connectivity index (χ2v) is 4.49. The second-order valence-electron chi connectivity index (χ2n) is 4.49. The highest BCUT2D eigenvalue weighted by atomic mass is 15.1. The Morgan fingerprint density at radius 2 is 1.84 bits per heavy atom. The van der Waals surface area contributed by atoms with E-state index in [1.165, 1.54) is 5.52 Å². The van der Waals surface area contributed by atoms with Crippen LogP contribution in [0.4, 0.5) is 0 Å². The van der Waals surface area contributed by atoms with Crippen LogP contribution in [0.3, 0.4) is 0 Å². The zero-order valence-electron chi connectivity index (χ0n) is 11.0. The van der Waals surface area contributed by atoms with Crippen molar-refractivity contribution in [2.75, 3.05) is 0 Å². The number of benzene rings is 2. The predicted molar refractivity (Wildman–Crippen MR) is 80.9 cm³/mol. The lowest BCUT2D eigenvalue weighted by molar-refractivity contribution is 0.796. The summed E-state index contributed by atoms with van der Waals surface area (Å²) in [6.45, 7) is 6.85. The van der Waals surface area contributed by atoms with Crippen molar-refractivity contribution in [3.63, 3.8) is 0 Å². The molecule has 3 aromatic rings. The van der Waals surface area contributed by atoms with Crippen LogP contribution in [-0.4, -0.2) is 9.55 Å². The lowest BCUT2D eigenvalue weighted by Gasteiger charge is -2.06. The number of nitrogens with zero attached hydrogens (tertiary/aromatic N) is 2. The highest BCUT2D eigenvalue weighted by Crippen LogP contribution is 2.25. The summed E-state index contributed by atoms with van der Waals surface area (Å²) in [4.78, 5) is 4.75. The van der Waals surface area contributed by atoms with E-state index in [0.29, 0.717) is 0 Å². The van der Waals surface area contributed by atoms with Crippen LogP contribution in [0.2, 0.25) is 0 Å². The topological polar surface area (TPSA) is 17.8 Å². The van der Waals surface area contributed by atoms with Crippen molar-refractivity contribution in [2.45, 2.75) is 13.5 Å². The molecule has 2 nitrogen and oxygen atoms in total. The van der Waals surface area contributed by atoms with Gasteiger partial charge in [-0.1, -0.05) is 49.1 Å². The zero-order valence-corrected chi connectivity index (χ0v) is 11.0. The molecule has 0 saturated carbocycles. The normalized spacial score (nSPS) is 10.8. The molecule has 0 N–H and O–H groups in total. The first-order chi connectivity index (χ1) is 9.33. The Morgan fingerprint density at radius 1 is 1.11 bits per heavy atom. The van der Waals surface area contributed by atoms with Gasteiger partial charge in [0.05, 0.1) is 11.0 Å². The molecule has 1 heterocycles. The number of aryl methyl sites for hydroxylation is 1. The lowest BCUT2D eigenvalue weighted by atomic mass is 10.1. The van der Waals surface area contributed by atoms with Gasteiger partial charge in [-0.05, 0) is 24.6 Å². The fourth-order valence-electron chi connectivity index (χ4n) is 2.38. The fourth-order valence-corrected chi connectivity index (χ4v) is 2.38. The lowest BCUT2D eigenvalue weighted by Crippen LogP contribution is -1.97. The maximum atomic E-state index is 4.75. The van der Waals surface area contributed by atoms with Gasteiger partial charge in [0.25, 0.3) is 0 Å². The molecule has 0 aliphatic rings. The van der Waals surface area contributed by atoms with Crippen molar-refractivity contribution >= 4 is 17.1 Å². The van der Waals surface area contributed by atoms with E-state index >= 15 is 0 Å². The molecule has 19 heavy (non-hydrogen) atoms. The first kappa shape index (κ1) is 11.7. The van der Waals surface area contributed by atoms with Gasteiger partial charge in [-0.2, -0.15) is 0 Å². The molecular formula is C17H16N2. The van der Waals surface area contributed by atoms with Gasteiger partial charge in [-0.3, -0.25) is 0 Å². The molecule has 0 saturated heterocycles. The number of fused-ring (bicyclic) bond motifs is 1. The highest BCUT2D eigenvalue weighted by Gasteiger charge is 2.10. The molecule has 1 aromatic heterocycles. The maximum absolute atomic E-state index is 4.75. The van der Waals surface area contributed by atoms with Crippen LogP contribution in [0.15, 0.2) is 55.1 Å². The molecule has 0 spiro atoms. The van der Waals surface area contributed by atoms with Gasteiger partial charge in [0.2, 0.25) is 0 Å². The number of aromatic nitrogens is 2. The molecule has 3 rings (SSSR count). The van der Waals surface area contributed by atoms with Crippen LogP contribution in [0.25, 0.3) is 28.5 Å². The molecule has 2 heteroatoms. The van der Waals surface area contributed by atoms with E-state index in [1.54, 1.807) is 0 Å². The second kappa shape index (κ2) is 4.73. The first-order valence-electron chi connectivity index (χ1n) is 6.51. The van der Waals surface area contributed by atoms with Crippen LogP contribution in [0.1, 0.15) is 12.5 Å². The molecule has 0 radical (unpaired) electrons. The average molecular weight is 248 g/mol. The van der Waals surface area contributed by atoms with Crippen LogP contribution in [0.5, 0.6) is 0 Å². The van der Waals surface area contributed by atoms with Crippen molar-refractivity contribution in [3.8, 4) is 11.4 Å². The summed E-state index contributed by atoms with van der Waals surface area (Å²) in [7, 11) is 0. The Balaban J connectivity index is 2.20. The highest BCUT2D eigenvalue weighted by molar-refractivity contribution is 5.80. The first-order valence-corrected chi connectivity index (χ1v) is 6.51. The molecule has 2 aromatic carbocycles. The van der Waals surface area contributed by atoms with Gasteiger partial charge in [0, 0.05) is 12.1 Å². The number of rotatable bonds is 3. The van der Waals surface area contributed by atoms with Crippen molar-refractivity contribution in [1.82, 2.24) is 9.55 Å². The minimum Gasteiger partial charge on any atom is -0.324 e. The Hall–Kier alpha value is -2.35. The van der Waals surface area contributed by atoms with Gasteiger partial charge in [0.15, 0.2) is 0 Å². The Morgan fingerprint density at radius 3 is 2.53 bits per heavy atom. The van der Waals surface area contributed by atoms with E-state index < -0.39 is 0 Å². The van der Waals surface area contributed by atoms with Crippen LogP contribution < -0.4 is 0 Å². The van der Waals surface area contributed by atoms with Gasteiger partial charge in [0.1, 0.15) is 5.82 Å². The van der Waals surface area contributed by atoms with Crippen LogP contribution in [0, 0.1) is 0 Å². The minimum atomic E-state index is 0.916. The van der Waals surface area contributed by atoms with Gasteiger partial charge in [-0.25, -0.2) is 4.98 Å². The molecule has 0 fully saturated rings. The van der Waals surface area contributed by atoms with E-state index in [4.69, 9.17) is 4.98 Å². The Bertz CT molecular complexity index is 721. The summed E-state index contributed by atoms with van der Waals surface area (Å²) < 4.78 is 2.25. The maximum Gasteiger partial charge on any atom is 0.141 e. The third-order valence-corrected chi connectivity index (χ3v) is 3.38. The molecule has 94 valence electrons. The predicted octanol–water partition coefficient (Wildman–Crippen LogP) is 4.37. The summed E-state index contributed by atoms with van der Waals surface area (Å²) in [5.41, 5.74) is 4.51. The Labute approximate surface area is 113 Å². The standard InChI is InChI=1S/C17H16N2/c1-3-13-9-11-14(12-10-13)17-18-15-7-5-6-8-16(15)19(17)4-2/h3,5-12H,1,4H2,2H3. The fraction of sp³-hybridized carbons (Fsp3) is 0.118. The summed E-state index contributed by atoms with van der Waals surface area (Å²) in [6, 6.07) is 16.6. The quantitative estimate of drug-likeness (QED) is 0.673. The molecule has 0 aliphatic carbocycles.